The molecule has 0 aliphatic heterocycles. The maximum atomic E-state index is 13.0. The predicted octanol–water partition coefficient (Wildman–Crippen LogP) is 1.82. The highest BCUT2D eigenvalue weighted by atomic mass is 19.4. The Balaban J connectivity index is 2.40. The molecular formula is C12H15F3N2O2. The van der Waals surface area contributed by atoms with Crippen LogP contribution in [0.5, 0.6) is 0 Å². The molecule has 4 nitrogen and oxygen atoms in total. The van der Waals surface area contributed by atoms with Crippen LogP contribution >= 0.6 is 0 Å². The Morgan fingerprint density at radius 2 is 2.11 bits per heavy atom. The first-order valence-corrected chi connectivity index (χ1v) is 6.08. The molecule has 0 bridgehead atoms. The first-order valence-electron chi connectivity index (χ1n) is 6.08. The van der Waals surface area contributed by atoms with Gasteiger partial charge in [-0.15, -0.1) is 0 Å². The lowest BCUT2D eigenvalue weighted by atomic mass is 9.82. The number of aliphatic hydroxyl groups is 1. The highest BCUT2D eigenvalue weighted by molar-refractivity contribution is 4.99. The van der Waals surface area contributed by atoms with Crippen LogP contribution in [0.1, 0.15) is 31.0 Å². The van der Waals surface area contributed by atoms with Crippen LogP contribution < -0.4 is 5.56 Å². The lowest BCUT2D eigenvalue weighted by Crippen LogP contribution is -2.41. The van der Waals surface area contributed by atoms with Crippen molar-refractivity contribution in [1.82, 2.24) is 9.55 Å². The summed E-state index contributed by atoms with van der Waals surface area (Å²) in [5.74, 6) is -1.61. The van der Waals surface area contributed by atoms with Gasteiger partial charge in [0.15, 0.2) is 0 Å². The van der Waals surface area contributed by atoms with Crippen molar-refractivity contribution in [2.45, 2.75) is 44.5 Å². The van der Waals surface area contributed by atoms with Crippen molar-refractivity contribution in [3.05, 3.63) is 28.4 Å². The first-order chi connectivity index (χ1) is 8.79. The van der Waals surface area contributed by atoms with Gasteiger partial charge in [0.1, 0.15) is 0 Å². The summed E-state index contributed by atoms with van der Waals surface area (Å²) in [7, 11) is 0. The molecule has 0 amide bonds. The normalized spacial score (nSPS) is 28.4. The Labute approximate surface area is 107 Å². The number of alkyl halides is 3. The van der Waals surface area contributed by atoms with Crippen LogP contribution in [-0.2, 0) is 0 Å². The van der Waals surface area contributed by atoms with Gasteiger partial charge in [0.25, 0.3) is 5.56 Å². The van der Waals surface area contributed by atoms with Gasteiger partial charge in [-0.1, -0.05) is 0 Å². The van der Waals surface area contributed by atoms with Crippen molar-refractivity contribution < 1.29 is 18.3 Å². The molecule has 19 heavy (non-hydrogen) atoms. The lowest BCUT2D eigenvalue weighted by molar-refractivity contribution is -0.199. The minimum absolute atomic E-state index is 0.0746. The summed E-state index contributed by atoms with van der Waals surface area (Å²) in [6.07, 6.45) is -4.19. The van der Waals surface area contributed by atoms with Crippen molar-refractivity contribution in [3.63, 3.8) is 0 Å². The topological polar surface area (TPSA) is 55.1 Å². The summed E-state index contributed by atoms with van der Waals surface area (Å²) in [4.78, 5) is 15.7. The van der Waals surface area contributed by atoms with Crippen LogP contribution in [0.3, 0.4) is 0 Å². The molecule has 2 rings (SSSR count). The van der Waals surface area contributed by atoms with Gasteiger partial charge < -0.3 is 5.11 Å². The zero-order valence-electron chi connectivity index (χ0n) is 10.4. The molecule has 1 heterocycles. The molecule has 1 fully saturated rings. The number of hydrogen-bond donors (Lipinski definition) is 1. The van der Waals surface area contributed by atoms with Gasteiger partial charge in [-0.25, -0.2) is 4.98 Å². The minimum Gasteiger partial charge on any atom is -0.393 e. The van der Waals surface area contributed by atoms with E-state index < -0.39 is 29.8 Å². The van der Waals surface area contributed by atoms with Crippen molar-refractivity contribution in [2.24, 2.45) is 5.92 Å². The van der Waals surface area contributed by atoms with E-state index in [-0.39, 0.29) is 19.3 Å². The summed E-state index contributed by atoms with van der Waals surface area (Å²) in [6, 6.07) is 0.123. The Bertz CT molecular complexity index is 512. The van der Waals surface area contributed by atoms with Gasteiger partial charge in [0.2, 0.25) is 0 Å². The van der Waals surface area contributed by atoms with Crippen molar-refractivity contribution in [1.29, 1.82) is 0 Å². The van der Waals surface area contributed by atoms with E-state index in [2.05, 4.69) is 4.98 Å². The van der Waals surface area contributed by atoms with E-state index in [1.165, 1.54) is 6.07 Å². The van der Waals surface area contributed by atoms with Crippen LogP contribution in [0, 0.1) is 12.8 Å². The standard InChI is InChI=1S/C12H15F3N2O2/c1-7-4-11(19)17(6-16-7)10-5-8(18)2-3-9(10)12(13,14)15/h4,6,8-10,18H,2-3,5H2,1H3. The average molecular weight is 276 g/mol. The lowest BCUT2D eigenvalue weighted by Gasteiger charge is -2.36. The molecule has 1 N–H and O–H groups in total. The third-order valence-electron chi connectivity index (χ3n) is 3.54. The zero-order valence-corrected chi connectivity index (χ0v) is 10.4. The minimum atomic E-state index is -4.38. The highest BCUT2D eigenvalue weighted by Gasteiger charge is 2.48. The maximum Gasteiger partial charge on any atom is 0.393 e. The molecule has 3 unspecified atom stereocenters. The van der Waals surface area contributed by atoms with Crippen molar-refractivity contribution in [3.8, 4) is 0 Å². The molecule has 106 valence electrons. The van der Waals surface area contributed by atoms with E-state index in [4.69, 9.17) is 0 Å². The van der Waals surface area contributed by atoms with Crippen molar-refractivity contribution >= 4 is 0 Å². The summed E-state index contributed by atoms with van der Waals surface area (Å²) in [5, 5.41) is 9.57. The molecule has 3 atom stereocenters. The summed E-state index contributed by atoms with van der Waals surface area (Å²) >= 11 is 0. The second-order valence-corrected chi connectivity index (χ2v) is 4.96. The van der Waals surface area contributed by atoms with Crippen molar-refractivity contribution in [2.75, 3.05) is 0 Å². The molecular weight excluding hydrogens is 261 g/mol. The second-order valence-electron chi connectivity index (χ2n) is 4.96. The Hall–Kier alpha value is -1.37. The number of rotatable bonds is 1. The van der Waals surface area contributed by atoms with E-state index in [1.54, 1.807) is 6.92 Å². The smallest absolute Gasteiger partial charge is 0.393 e. The SMILES string of the molecule is Cc1cc(=O)n(C2CC(O)CCC2C(F)(F)F)cn1. The van der Waals surface area contributed by atoms with E-state index in [0.717, 1.165) is 10.9 Å². The van der Waals surface area contributed by atoms with Gasteiger partial charge in [-0.05, 0) is 26.2 Å². The predicted molar refractivity (Wildman–Crippen MR) is 61.7 cm³/mol. The molecule has 1 aliphatic rings. The number of aliphatic hydroxyl groups excluding tert-OH is 1. The summed E-state index contributed by atoms with van der Waals surface area (Å²) in [5.41, 5.74) is -0.0537. The first kappa shape index (κ1) is 14.0. The molecule has 7 heteroatoms. The summed E-state index contributed by atoms with van der Waals surface area (Å²) < 4.78 is 40.0. The number of hydrogen-bond acceptors (Lipinski definition) is 3. The molecule has 0 saturated heterocycles. The number of aryl methyl sites for hydroxylation is 1. The number of halogens is 3. The van der Waals surface area contributed by atoms with Gasteiger partial charge in [-0.3, -0.25) is 9.36 Å². The molecule has 1 aliphatic carbocycles. The number of nitrogens with zero attached hydrogens (tertiary/aromatic N) is 2. The maximum absolute atomic E-state index is 13.0. The van der Waals surface area contributed by atoms with Crippen LogP contribution in [-0.4, -0.2) is 26.9 Å². The van der Waals surface area contributed by atoms with E-state index in [1.807, 2.05) is 0 Å². The van der Waals surface area contributed by atoms with Gasteiger partial charge in [0, 0.05) is 11.8 Å². The Morgan fingerprint density at radius 1 is 1.42 bits per heavy atom. The van der Waals surface area contributed by atoms with Crippen LogP contribution in [0.4, 0.5) is 13.2 Å². The Morgan fingerprint density at radius 3 is 2.68 bits per heavy atom. The molecule has 1 aromatic heterocycles. The molecule has 0 aromatic carbocycles. The molecule has 0 spiro atoms. The molecule has 0 radical (unpaired) electrons. The third-order valence-corrected chi connectivity index (χ3v) is 3.54. The van der Waals surface area contributed by atoms with Crippen LogP contribution in [0.15, 0.2) is 17.2 Å². The molecule has 1 aromatic rings. The van der Waals surface area contributed by atoms with E-state index in [9.17, 15) is 23.1 Å². The monoisotopic (exact) mass is 276 g/mol. The quantitative estimate of drug-likeness (QED) is 0.851. The zero-order chi connectivity index (χ0) is 14.2. The second kappa shape index (κ2) is 4.96. The average Bonchev–Trinajstić information content (AvgIpc) is 2.27. The number of aromatic nitrogens is 2. The molecule has 1 saturated carbocycles. The fourth-order valence-electron chi connectivity index (χ4n) is 2.56. The van der Waals surface area contributed by atoms with E-state index in [0.29, 0.717) is 5.69 Å². The highest BCUT2D eigenvalue weighted by Crippen LogP contribution is 2.43. The van der Waals surface area contributed by atoms with Crippen LogP contribution in [0.25, 0.3) is 0 Å². The largest absolute Gasteiger partial charge is 0.393 e. The van der Waals surface area contributed by atoms with Gasteiger partial charge in [-0.2, -0.15) is 13.2 Å². The van der Waals surface area contributed by atoms with E-state index >= 15 is 0 Å². The third kappa shape index (κ3) is 2.97. The van der Waals surface area contributed by atoms with Gasteiger partial charge in [0.05, 0.1) is 24.4 Å². The van der Waals surface area contributed by atoms with Crippen LogP contribution in [0.2, 0.25) is 0 Å². The van der Waals surface area contributed by atoms with Gasteiger partial charge >= 0.3 is 6.18 Å². The summed E-state index contributed by atoms with van der Waals surface area (Å²) in [6.45, 7) is 1.60. The fourth-order valence-corrected chi connectivity index (χ4v) is 2.56. The Kier molecular flexibility index (Phi) is 3.66. The fraction of sp³-hybridized carbons (Fsp3) is 0.667.